The molecule has 0 radical (unpaired) electrons. The highest BCUT2D eigenvalue weighted by Gasteiger charge is 2.70. The monoisotopic (exact) mass is 606 g/mol. The Morgan fingerprint density at radius 3 is 2.21 bits per heavy atom. The summed E-state index contributed by atoms with van der Waals surface area (Å²) < 4.78 is 39.4. The van der Waals surface area contributed by atoms with Gasteiger partial charge in [-0.05, 0) is 35.5 Å². The van der Waals surface area contributed by atoms with Crippen LogP contribution in [0.25, 0.3) is 0 Å². The van der Waals surface area contributed by atoms with Crippen molar-refractivity contribution in [2.75, 3.05) is 13.1 Å². The lowest BCUT2D eigenvalue weighted by Crippen LogP contribution is -2.61. The molecule has 0 bridgehead atoms. The molecular weight excluding hydrogens is 569 g/mol. The molecule has 3 fully saturated rings. The molecule has 4 rings (SSSR count). The van der Waals surface area contributed by atoms with Crippen molar-refractivity contribution in [3.8, 4) is 0 Å². The molecule has 3 aliphatic rings. The van der Waals surface area contributed by atoms with Crippen LogP contribution < -0.4 is 16.0 Å². The third-order valence-electron chi connectivity index (χ3n) is 8.98. The Bertz CT molecular complexity index is 1320. The van der Waals surface area contributed by atoms with Crippen molar-refractivity contribution >= 4 is 35.2 Å². The molecule has 1 aromatic rings. The normalized spacial score (nSPS) is 25.7. The molecule has 2 heterocycles. The first-order chi connectivity index (χ1) is 19.9. The van der Waals surface area contributed by atoms with E-state index in [1.54, 1.807) is 23.5 Å². The number of ketones is 2. The van der Waals surface area contributed by atoms with Gasteiger partial charge < -0.3 is 20.9 Å². The number of alkyl halides is 3. The first kappa shape index (κ1) is 32.2. The maximum Gasteiger partial charge on any atom is 0.471 e. The van der Waals surface area contributed by atoms with Gasteiger partial charge in [0.15, 0.2) is 0 Å². The number of amides is 4. The fourth-order valence-electron chi connectivity index (χ4n) is 6.37. The number of carbonyl (C=O) groups excluding carboxylic acids is 6. The lowest BCUT2D eigenvalue weighted by molar-refractivity contribution is -0.176. The number of piperidine rings is 1. The Morgan fingerprint density at radius 2 is 1.67 bits per heavy atom. The summed E-state index contributed by atoms with van der Waals surface area (Å²) in [6.07, 6.45) is -4.96. The minimum absolute atomic E-state index is 0.0651. The number of benzene rings is 1. The van der Waals surface area contributed by atoms with E-state index in [1.165, 1.54) is 37.8 Å². The molecule has 13 heteroatoms. The van der Waals surface area contributed by atoms with Crippen LogP contribution in [0.4, 0.5) is 13.2 Å². The van der Waals surface area contributed by atoms with Crippen molar-refractivity contribution < 1.29 is 41.9 Å². The van der Waals surface area contributed by atoms with Crippen LogP contribution in [0, 0.1) is 28.6 Å². The molecule has 2 saturated heterocycles. The van der Waals surface area contributed by atoms with E-state index in [9.17, 15) is 41.9 Å². The van der Waals surface area contributed by atoms with Gasteiger partial charge in [-0.25, -0.2) is 0 Å². The van der Waals surface area contributed by atoms with E-state index in [-0.39, 0.29) is 41.7 Å². The van der Waals surface area contributed by atoms with Crippen LogP contribution in [0.5, 0.6) is 0 Å². The fraction of sp³-hybridized carbons (Fsp3) is 0.600. The van der Waals surface area contributed by atoms with Crippen molar-refractivity contribution in [2.45, 2.75) is 71.8 Å². The molecule has 234 valence electrons. The lowest BCUT2D eigenvalue weighted by Gasteiger charge is -2.38. The smallest absolute Gasteiger partial charge is 0.356 e. The summed E-state index contributed by atoms with van der Waals surface area (Å²) >= 11 is 0. The van der Waals surface area contributed by atoms with Gasteiger partial charge in [0.2, 0.25) is 29.3 Å². The molecule has 1 aliphatic carbocycles. The highest BCUT2D eigenvalue weighted by atomic mass is 19.4. The quantitative estimate of drug-likeness (QED) is 0.290. The highest BCUT2D eigenvalue weighted by Crippen LogP contribution is 2.65. The second-order valence-corrected chi connectivity index (χ2v) is 13.3. The summed E-state index contributed by atoms with van der Waals surface area (Å²) in [5.74, 6) is -7.11. The van der Waals surface area contributed by atoms with E-state index in [1.807, 2.05) is 13.8 Å². The molecular formula is C30H37F3N4O6. The van der Waals surface area contributed by atoms with E-state index in [4.69, 9.17) is 0 Å². The lowest BCUT2D eigenvalue weighted by atomic mass is 9.85. The van der Waals surface area contributed by atoms with Gasteiger partial charge in [0.1, 0.15) is 12.1 Å². The number of nitrogens with one attached hydrogen (secondary N) is 3. The first-order valence-corrected chi connectivity index (χ1v) is 14.3. The average molecular weight is 607 g/mol. The van der Waals surface area contributed by atoms with Crippen molar-refractivity contribution in [1.29, 1.82) is 0 Å². The Kier molecular flexibility index (Phi) is 8.51. The summed E-state index contributed by atoms with van der Waals surface area (Å²) in [5, 5.41) is 7.09. The predicted octanol–water partition coefficient (Wildman–Crippen LogP) is 2.03. The van der Waals surface area contributed by atoms with Crippen molar-refractivity contribution in [3.05, 3.63) is 35.9 Å². The number of Topliss-reactive ketones (excluding diaryl/α,β-unsaturated/α-hetero) is 2. The molecule has 2 unspecified atom stereocenters. The fourth-order valence-corrected chi connectivity index (χ4v) is 6.37. The van der Waals surface area contributed by atoms with Gasteiger partial charge >= 0.3 is 12.1 Å². The van der Waals surface area contributed by atoms with Crippen LogP contribution >= 0.6 is 0 Å². The van der Waals surface area contributed by atoms with Crippen LogP contribution in [0.1, 0.15) is 57.8 Å². The van der Waals surface area contributed by atoms with Gasteiger partial charge in [0.05, 0.1) is 6.04 Å². The first-order valence-electron chi connectivity index (χ1n) is 14.3. The van der Waals surface area contributed by atoms with Gasteiger partial charge in [-0.15, -0.1) is 0 Å². The molecule has 10 nitrogen and oxygen atoms in total. The summed E-state index contributed by atoms with van der Waals surface area (Å²) in [6, 6.07) is 3.60. The molecule has 4 amide bonds. The van der Waals surface area contributed by atoms with Gasteiger partial charge in [-0.1, -0.05) is 65.0 Å². The van der Waals surface area contributed by atoms with E-state index >= 15 is 0 Å². The number of hydrogen-bond donors (Lipinski definition) is 3. The zero-order valence-electron chi connectivity index (χ0n) is 24.7. The van der Waals surface area contributed by atoms with E-state index in [2.05, 4.69) is 10.6 Å². The third-order valence-corrected chi connectivity index (χ3v) is 8.98. The van der Waals surface area contributed by atoms with Gasteiger partial charge in [-0.2, -0.15) is 13.2 Å². The second kappa shape index (κ2) is 11.4. The highest BCUT2D eigenvalue weighted by molar-refractivity contribution is 6.45. The zero-order valence-corrected chi connectivity index (χ0v) is 24.7. The Hall–Kier alpha value is -3.77. The maximum absolute atomic E-state index is 13.9. The average Bonchev–Trinajstić information content (AvgIpc) is 3.27. The van der Waals surface area contributed by atoms with Crippen LogP contribution in [-0.4, -0.2) is 77.5 Å². The van der Waals surface area contributed by atoms with E-state index in [0.29, 0.717) is 13.0 Å². The standard InChI is InChI=1S/C30H37F3N4O6/c1-28(2,3)23(36-27(43)30(31,32)33)26(42)37-14-17-19(29(17,4)5)20(37)25(41)35-18(13-16-11-12-34-24(16)40)22(39)21(38)15-9-7-6-8-10-15/h6-10,16-20,23H,11-14H2,1-5H3,(H,34,40)(H,35,41)(H,36,43)/t16-,17-,18-,19-,20?,23?/m0/s1. The topological polar surface area (TPSA) is 142 Å². The number of carbonyl (C=O) groups is 6. The minimum atomic E-state index is -5.22. The maximum atomic E-state index is 13.9. The van der Waals surface area contributed by atoms with Crippen LogP contribution in [0.15, 0.2) is 30.3 Å². The van der Waals surface area contributed by atoms with Gasteiger partial charge in [-0.3, -0.25) is 28.8 Å². The second-order valence-electron chi connectivity index (χ2n) is 13.3. The molecule has 6 atom stereocenters. The SMILES string of the molecule is CC(C)(C)C(NC(=O)C(F)(F)F)C(=O)N1C[C@H]2[C@@H](C1C(=O)N[C@@H](C[C@@H]1CCNC1=O)C(=O)C(=O)c1ccccc1)C2(C)C. The van der Waals surface area contributed by atoms with Crippen LogP contribution in [-0.2, 0) is 24.0 Å². The summed E-state index contributed by atoms with van der Waals surface area (Å²) in [6.45, 7) is 8.75. The third kappa shape index (κ3) is 6.45. The molecule has 0 spiro atoms. The molecule has 3 N–H and O–H groups in total. The summed E-state index contributed by atoms with van der Waals surface area (Å²) in [5.41, 5.74) is -1.41. The van der Waals surface area contributed by atoms with Crippen molar-refractivity contribution in [2.24, 2.45) is 28.6 Å². The Morgan fingerprint density at radius 1 is 1.05 bits per heavy atom. The van der Waals surface area contributed by atoms with Gasteiger partial charge in [0.25, 0.3) is 0 Å². The molecule has 0 aromatic heterocycles. The summed E-state index contributed by atoms with van der Waals surface area (Å²) in [7, 11) is 0. The summed E-state index contributed by atoms with van der Waals surface area (Å²) in [4.78, 5) is 79.6. The Balaban J connectivity index is 1.62. The minimum Gasteiger partial charge on any atom is -0.356 e. The van der Waals surface area contributed by atoms with Crippen molar-refractivity contribution in [1.82, 2.24) is 20.9 Å². The van der Waals surface area contributed by atoms with Crippen molar-refractivity contribution in [3.63, 3.8) is 0 Å². The number of hydrogen-bond acceptors (Lipinski definition) is 6. The number of nitrogens with zero attached hydrogens (tertiary/aromatic N) is 1. The molecule has 2 aliphatic heterocycles. The van der Waals surface area contributed by atoms with E-state index < -0.39 is 64.9 Å². The number of halogens is 3. The molecule has 1 aromatic carbocycles. The molecule has 43 heavy (non-hydrogen) atoms. The van der Waals surface area contributed by atoms with Gasteiger partial charge in [0, 0.05) is 24.6 Å². The number of likely N-dealkylation sites (tertiary alicyclic amines) is 1. The Labute approximate surface area is 247 Å². The number of rotatable bonds is 9. The zero-order chi connectivity index (χ0) is 32.1. The van der Waals surface area contributed by atoms with Crippen LogP contribution in [0.3, 0.4) is 0 Å². The largest absolute Gasteiger partial charge is 0.471 e. The molecule has 1 saturated carbocycles. The number of fused-ring (bicyclic) bond motifs is 1. The van der Waals surface area contributed by atoms with Crippen LogP contribution in [0.2, 0.25) is 0 Å². The predicted molar refractivity (Wildman–Crippen MR) is 147 cm³/mol. The van der Waals surface area contributed by atoms with E-state index in [0.717, 1.165) is 0 Å².